The minimum Gasteiger partial charge on any atom is -0.491 e. The Balaban J connectivity index is 1.16. The third-order valence-corrected chi connectivity index (χ3v) is 6.17. The maximum absolute atomic E-state index is 8.58. The smallest absolute Gasteiger partial charge is 0.120 e. The second-order valence-corrected chi connectivity index (χ2v) is 9.82. The number of fused-ring (bicyclic) bond motifs is 1. The van der Waals surface area contributed by atoms with Crippen LogP contribution in [0.5, 0.6) is 5.75 Å². The highest BCUT2D eigenvalue weighted by Crippen LogP contribution is 2.20. The van der Waals surface area contributed by atoms with Crippen LogP contribution in [0.25, 0.3) is 10.8 Å². The quantitative estimate of drug-likeness (QED) is 0.106. The first kappa shape index (κ1) is 41.2. The Hall–Kier alpha value is -1.98. The summed E-state index contributed by atoms with van der Waals surface area (Å²) >= 11 is 0. The van der Waals surface area contributed by atoms with Gasteiger partial charge in [-0.25, -0.2) is 0 Å². The van der Waals surface area contributed by atoms with Crippen molar-refractivity contribution in [1.29, 1.82) is 0 Å². The summed E-state index contributed by atoms with van der Waals surface area (Å²) in [5.74, 6) is 0.844. The summed E-state index contributed by atoms with van der Waals surface area (Å²) in [6.45, 7) is 11.4. The molecule has 0 aromatic heterocycles. The molecular weight excluding hydrogens is 616 g/mol. The Morgan fingerprint density at radius 1 is 0.319 bits per heavy atom. The number of aliphatic hydroxyl groups excluding tert-OH is 1. The molecule has 2 rings (SSSR count). The van der Waals surface area contributed by atoms with Crippen molar-refractivity contribution in [3.05, 3.63) is 42.5 Å². The molecule has 0 spiro atoms. The van der Waals surface area contributed by atoms with Crippen molar-refractivity contribution in [3.63, 3.8) is 0 Å². The van der Waals surface area contributed by atoms with Crippen LogP contribution in [0.15, 0.2) is 42.5 Å². The molecular formula is C34H56O13. The van der Waals surface area contributed by atoms with Gasteiger partial charge in [0.05, 0.1) is 152 Å². The van der Waals surface area contributed by atoms with Gasteiger partial charge in [0.2, 0.25) is 0 Å². The van der Waals surface area contributed by atoms with Crippen LogP contribution in [-0.2, 0) is 52.1 Å². The van der Waals surface area contributed by atoms with Crippen LogP contribution >= 0.6 is 0 Å². The Kier molecular flexibility index (Phi) is 28.5. The third kappa shape index (κ3) is 25.7. The largest absolute Gasteiger partial charge is 0.491 e. The van der Waals surface area contributed by atoms with E-state index in [0.29, 0.717) is 152 Å². The van der Waals surface area contributed by atoms with E-state index in [1.54, 1.807) is 0 Å². The standard InChI is InChI=1S/C34H56O13/c35-7-8-36-9-10-37-11-12-38-13-14-39-15-16-40-17-18-41-19-20-42-21-22-43-23-24-44-25-26-45-27-28-46-29-30-47-34-6-5-32-3-1-2-4-33(32)31-34/h1-6,31,35H,7-30H2. The van der Waals surface area contributed by atoms with Gasteiger partial charge in [0.15, 0.2) is 0 Å². The highest BCUT2D eigenvalue weighted by Gasteiger charge is 1.99. The minimum atomic E-state index is 0.0247. The SMILES string of the molecule is OCCOCCOCCOCCOCCOCCOCCOCCOCCOCCOCCOCCOc1ccc2ccccc2c1. The summed E-state index contributed by atoms with van der Waals surface area (Å²) in [6, 6.07) is 14.3. The maximum Gasteiger partial charge on any atom is 0.120 e. The molecule has 0 fully saturated rings. The predicted octanol–water partition coefficient (Wildman–Crippen LogP) is 2.39. The van der Waals surface area contributed by atoms with Crippen LogP contribution in [0.4, 0.5) is 0 Å². The molecule has 0 unspecified atom stereocenters. The highest BCUT2D eigenvalue weighted by molar-refractivity contribution is 5.83. The molecule has 0 heterocycles. The molecule has 0 bridgehead atoms. The van der Waals surface area contributed by atoms with Crippen LogP contribution in [0.1, 0.15) is 0 Å². The Morgan fingerprint density at radius 3 is 0.957 bits per heavy atom. The first-order valence-electron chi connectivity index (χ1n) is 16.5. The summed E-state index contributed by atoms with van der Waals surface area (Å²) in [5, 5.41) is 10.9. The van der Waals surface area contributed by atoms with Crippen molar-refractivity contribution in [2.24, 2.45) is 0 Å². The number of aliphatic hydroxyl groups is 1. The lowest BCUT2D eigenvalue weighted by atomic mass is 10.1. The normalized spacial score (nSPS) is 11.5. The predicted molar refractivity (Wildman–Crippen MR) is 176 cm³/mol. The fourth-order valence-corrected chi connectivity index (χ4v) is 3.84. The van der Waals surface area contributed by atoms with E-state index in [4.69, 9.17) is 61.9 Å². The number of ether oxygens (including phenoxy) is 12. The summed E-state index contributed by atoms with van der Waals surface area (Å²) in [4.78, 5) is 0. The van der Waals surface area contributed by atoms with Crippen LogP contribution in [0, 0.1) is 0 Å². The molecule has 13 heteroatoms. The van der Waals surface area contributed by atoms with E-state index in [9.17, 15) is 0 Å². The van der Waals surface area contributed by atoms with E-state index in [-0.39, 0.29) is 6.61 Å². The Labute approximate surface area is 279 Å². The summed E-state index contributed by atoms with van der Waals surface area (Å²) in [7, 11) is 0. The molecule has 270 valence electrons. The highest BCUT2D eigenvalue weighted by atomic mass is 16.6. The third-order valence-electron chi connectivity index (χ3n) is 6.17. The van der Waals surface area contributed by atoms with E-state index in [1.165, 1.54) is 5.39 Å². The monoisotopic (exact) mass is 672 g/mol. The number of rotatable bonds is 36. The average molecular weight is 673 g/mol. The van der Waals surface area contributed by atoms with Gasteiger partial charge < -0.3 is 61.9 Å². The molecule has 0 aliphatic rings. The van der Waals surface area contributed by atoms with Crippen LogP contribution in [0.2, 0.25) is 0 Å². The zero-order valence-corrected chi connectivity index (χ0v) is 27.9. The fraction of sp³-hybridized carbons (Fsp3) is 0.706. The van der Waals surface area contributed by atoms with Gasteiger partial charge >= 0.3 is 0 Å². The lowest BCUT2D eigenvalue weighted by molar-refractivity contribution is -0.0280. The van der Waals surface area contributed by atoms with Crippen molar-refractivity contribution in [3.8, 4) is 5.75 Å². The molecule has 0 radical (unpaired) electrons. The maximum atomic E-state index is 8.58. The molecule has 1 N–H and O–H groups in total. The first-order chi connectivity index (χ1) is 23.4. The molecule has 2 aromatic carbocycles. The van der Waals surface area contributed by atoms with Gasteiger partial charge in [-0.2, -0.15) is 0 Å². The fourth-order valence-electron chi connectivity index (χ4n) is 3.84. The summed E-state index contributed by atoms with van der Waals surface area (Å²) in [6.07, 6.45) is 0. The van der Waals surface area contributed by atoms with E-state index in [0.717, 1.165) is 11.1 Å². The van der Waals surface area contributed by atoms with Crippen molar-refractivity contribution in [1.82, 2.24) is 0 Å². The molecule has 2 aromatic rings. The zero-order chi connectivity index (χ0) is 33.1. The molecule has 13 nitrogen and oxygen atoms in total. The lowest BCUT2D eigenvalue weighted by Crippen LogP contribution is -2.15. The molecule has 0 saturated heterocycles. The van der Waals surface area contributed by atoms with E-state index in [1.807, 2.05) is 24.3 Å². The van der Waals surface area contributed by atoms with Crippen LogP contribution < -0.4 is 4.74 Å². The molecule has 0 saturated carbocycles. The molecule has 0 aliphatic heterocycles. The Morgan fingerprint density at radius 2 is 0.617 bits per heavy atom. The van der Waals surface area contributed by atoms with Gasteiger partial charge in [0.1, 0.15) is 12.4 Å². The van der Waals surface area contributed by atoms with E-state index in [2.05, 4.69) is 18.2 Å². The van der Waals surface area contributed by atoms with Gasteiger partial charge in [-0.05, 0) is 22.9 Å². The lowest BCUT2D eigenvalue weighted by Gasteiger charge is -2.09. The second-order valence-electron chi connectivity index (χ2n) is 9.82. The average Bonchev–Trinajstić information content (AvgIpc) is 3.10. The number of benzene rings is 2. The van der Waals surface area contributed by atoms with Crippen LogP contribution in [0.3, 0.4) is 0 Å². The van der Waals surface area contributed by atoms with Crippen molar-refractivity contribution in [2.75, 3.05) is 159 Å². The Bertz CT molecular complexity index is 936. The minimum absolute atomic E-state index is 0.0247. The van der Waals surface area contributed by atoms with E-state index < -0.39 is 0 Å². The van der Waals surface area contributed by atoms with Gasteiger partial charge in [0, 0.05) is 0 Å². The van der Waals surface area contributed by atoms with E-state index >= 15 is 0 Å². The zero-order valence-electron chi connectivity index (χ0n) is 27.9. The summed E-state index contributed by atoms with van der Waals surface area (Å²) < 4.78 is 65.5. The van der Waals surface area contributed by atoms with Gasteiger partial charge in [-0.3, -0.25) is 0 Å². The van der Waals surface area contributed by atoms with Gasteiger partial charge in [-0.1, -0.05) is 30.3 Å². The molecule has 0 atom stereocenters. The van der Waals surface area contributed by atoms with Gasteiger partial charge in [0.25, 0.3) is 0 Å². The number of hydrogen-bond acceptors (Lipinski definition) is 13. The number of hydrogen-bond donors (Lipinski definition) is 1. The second kappa shape index (κ2) is 32.6. The molecule has 0 aliphatic carbocycles. The topological polar surface area (TPSA) is 131 Å². The van der Waals surface area contributed by atoms with Crippen molar-refractivity contribution < 1.29 is 61.9 Å². The van der Waals surface area contributed by atoms with Crippen LogP contribution in [-0.4, -0.2) is 164 Å². The first-order valence-corrected chi connectivity index (χ1v) is 16.5. The van der Waals surface area contributed by atoms with Crippen molar-refractivity contribution in [2.45, 2.75) is 0 Å². The molecule has 47 heavy (non-hydrogen) atoms. The van der Waals surface area contributed by atoms with Gasteiger partial charge in [-0.15, -0.1) is 0 Å². The van der Waals surface area contributed by atoms with Crippen molar-refractivity contribution >= 4 is 10.8 Å². The molecule has 0 amide bonds. The summed E-state index contributed by atoms with van der Waals surface area (Å²) in [5.41, 5.74) is 0.